The molecule has 0 bridgehead atoms. The van der Waals surface area contributed by atoms with Gasteiger partial charge in [0.05, 0.1) is 24.4 Å². The van der Waals surface area contributed by atoms with E-state index < -0.39 is 40.8 Å². The Morgan fingerprint density at radius 3 is 2.56 bits per heavy atom. The summed E-state index contributed by atoms with van der Waals surface area (Å²) in [4.78, 5) is 13.0. The van der Waals surface area contributed by atoms with Crippen molar-refractivity contribution in [3.05, 3.63) is 53.3 Å². The van der Waals surface area contributed by atoms with E-state index in [1.807, 2.05) is 16.8 Å². The average Bonchev–Trinajstić information content (AvgIpc) is 3.03. The van der Waals surface area contributed by atoms with Crippen LogP contribution in [0.5, 0.6) is 11.8 Å². The van der Waals surface area contributed by atoms with Crippen molar-refractivity contribution in [2.75, 3.05) is 51.3 Å². The molecule has 0 saturated carbocycles. The van der Waals surface area contributed by atoms with Crippen molar-refractivity contribution in [1.82, 2.24) is 14.9 Å². The van der Waals surface area contributed by atoms with Crippen LogP contribution in [0.25, 0.3) is 32.8 Å². The highest BCUT2D eigenvalue weighted by Crippen LogP contribution is 2.44. The summed E-state index contributed by atoms with van der Waals surface area (Å²) in [6.07, 6.45) is 0.462. The monoisotopic (exact) mass is 670 g/mol. The van der Waals surface area contributed by atoms with Gasteiger partial charge in [0.15, 0.2) is 5.82 Å². The Kier molecular flexibility index (Phi) is 8.38. The molecule has 4 aromatic rings. The van der Waals surface area contributed by atoms with E-state index in [4.69, 9.17) is 9.47 Å². The van der Waals surface area contributed by atoms with E-state index in [1.54, 1.807) is 13.8 Å². The second kappa shape index (κ2) is 12.3. The first kappa shape index (κ1) is 32.8. The smallest absolute Gasteiger partial charge is 0.319 e. The van der Waals surface area contributed by atoms with Crippen molar-refractivity contribution in [3.63, 3.8) is 0 Å². The van der Waals surface area contributed by atoms with E-state index in [1.165, 1.54) is 30.3 Å². The van der Waals surface area contributed by atoms with Crippen LogP contribution in [0, 0.1) is 28.8 Å². The summed E-state index contributed by atoms with van der Waals surface area (Å²) in [5.41, 5.74) is -1.79. The first-order valence-corrected chi connectivity index (χ1v) is 16.5. The lowest BCUT2D eigenvalue weighted by Crippen LogP contribution is -2.56. The van der Waals surface area contributed by atoms with Crippen molar-refractivity contribution in [2.24, 2.45) is 11.3 Å². The molecule has 3 atom stereocenters. The van der Waals surface area contributed by atoms with E-state index in [-0.39, 0.29) is 63.6 Å². The zero-order valence-electron chi connectivity index (χ0n) is 27.3. The lowest BCUT2D eigenvalue weighted by Gasteiger charge is -2.49. The van der Waals surface area contributed by atoms with E-state index in [0.717, 1.165) is 19.3 Å². The minimum absolute atomic E-state index is 0.0156. The summed E-state index contributed by atoms with van der Waals surface area (Å²) in [6.45, 7) is 5.88. The number of halogens is 5. The third-order valence-electron chi connectivity index (χ3n) is 10.6. The van der Waals surface area contributed by atoms with Crippen LogP contribution in [-0.4, -0.2) is 78.4 Å². The van der Waals surface area contributed by atoms with Gasteiger partial charge in [-0.25, -0.2) is 22.0 Å². The fourth-order valence-corrected chi connectivity index (χ4v) is 8.08. The van der Waals surface area contributed by atoms with E-state index in [2.05, 4.69) is 9.97 Å². The molecule has 12 heteroatoms. The van der Waals surface area contributed by atoms with Gasteiger partial charge in [-0.2, -0.15) is 9.97 Å². The number of nitrogens with zero attached hydrogens (tertiary/aromatic N) is 4. The first-order valence-electron chi connectivity index (χ1n) is 16.5. The highest BCUT2D eigenvalue weighted by atomic mass is 19.3. The molecule has 0 amide bonds. The number of phenols is 1. The summed E-state index contributed by atoms with van der Waals surface area (Å²) < 4.78 is 88.6. The van der Waals surface area contributed by atoms with Crippen LogP contribution in [0.3, 0.4) is 0 Å². The Morgan fingerprint density at radius 2 is 1.85 bits per heavy atom. The molecule has 256 valence electrons. The topological polar surface area (TPSA) is 71.0 Å². The van der Waals surface area contributed by atoms with Crippen LogP contribution < -0.4 is 9.64 Å². The normalized spacial score (nSPS) is 24.9. The summed E-state index contributed by atoms with van der Waals surface area (Å²) >= 11 is 0. The Hall–Kier alpha value is -3.77. The fourth-order valence-electron chi connectivity index (χ4n) is 8.08. The lowest BCUT2D eigenvalue weighted by molar-refractivity contribution is -0.151. The number of aryl methyl sites for hydroxylation is 1. The molecule has 1 N–H and O–H groups in total. The van der Waals surface area contributed by atoms with Gasteiger partial charge in [0.1, 0.15) is 28.7 Å². The number of anilines is 1. The standard InChI is InChI=1S/C36H39F5N4O3/c1-4-22-26(37)7-6-20-14-21(46)15-23(28(20)22)29-27(38)16-24-31(30(29)39)42-34(43-33(24)45-11-5-9-36(18-45)10-13-48-36)47-19-35(2)17-44(3)12-8-25(35)32(40)41/h6-7,14-16,25,32,46H,4-5,8-13,17-19H2,1-3H3/t25-,35+,36+/m1/s1. The molecule has 0 aliphatic carbocycles. The minimum Gasteiger partial charge on any atom is -0.508 e. The molecule has 0 radical (unpaired) electrons. The third kappa shape index (κ3) is 5.60. The molecule has 3 aliphatic rings. The predicted octanol–water partition coefficient (Wildman–Crippen LogP) is 7.50. The molecular weight excluding hydrogens is 631 g/mol. The number of phenolic OH excluding ortho intramolecular Hbond substituents is 1. The maximum atomic E-state index is 16.9. The van der Waals surface area contributed by atoms with Gasteiger partial charge in [0, 0.05) is 42.8 Å². The number of fused-ring (bicyclic) bond motifs is 2. The van der Waals surface area contributed by atoms with Crippen LogP contribution in [0.1, 0.15) is 45.1 Å². The number of aromatic hydroxyl groups is 1. The number of ether oxygens (including phenoxy) is 2. The molecule has 3 aliphatic heterocycles. The molecule has 3 fully saturated rings. The van der Waals surface area contributed by atoms with Crippen molar-refractivity contribution in [3.8, 4) is 22.9 Å². The van der Waals surface area contributed by atoms with Gasteiger partial charge in [0.2, 0.25) is 6.43 Å². The van der Waals surface area contributed by atoms with Crippen LogP contribution in [0.2, 0.25) is 0 Å². The Morgan fingerprint density at radius 1 is 1.06 bits per heavy atom. The number of hydrogen-bond acceptors (Lipinski definition) is 7. The fraction of sp³-hybridized carbons (Fsp3) is 0.500. The molecular formula is C36H39F5N4O3. The number of alkyl halides is 2. The van der Waals surface area contributed by atoms with Gasteiger partial charge in [-0.1, -0.05) is 19.9 Å². The number of hydrogen-bond donors (Lipinski definition) is 1. The SMILES string of the molecule is CCc1c(F)ccc2cc(O)cc(-c3c(F)cc4c(N5CCC[C@]6(CCO6)C5)nc(OC[C@]5(C)CN(C)CC[C@@H]5C(F)F)nc4c3F)c12. The highest BCUT2D eigenvalue weighted by molar-refractivity contribution is 6.03. The maximum absolute atomic E-state index is 16.9. The molecule has 3 aromatic carbocycles. The molecule has 4 heterocycles. The van der Waals surface area contributed by atoms with E-state index in [9.17, 15) is 18.3 Å². The lowest BCUT2D eigenvalue weighted by atomic mass is 9.73. The number of rotatable bonds is 7. The Bertz CT molecular complexity index is 1890. The average molecular weight is 671 g/mol. The number of piperidine rings is 2. The van der Waals surface area contributed by atoms with Crippen LogP contribution in [0.4, 0.5) is 27.8 Å². The summed E-state index contributed by atoms with van der Waals surface area (Å²) in [7, 11) is 1.87. The molecule has 0 unspecified atom stereocenters. The number of likely N-dealkylation sites (tertiary alicyclic amines) is 1. The van der Waals surface area contributed by atoms with Gasteiger partial charge < -0.3 is 24.4 Å². The molecule has 3 saturated heterocycles. The summed E-state index contributed by atoms with van der Waals surface area (Å²) in [5.74, 6) is -3.39. The Labute approximate surface area is 275 Å². The highest BCUT2D eigenvalue weighted by Gasteiger charge is 2.45. The largest absolute Gasteiger partial charge is 0.508 e. The second-order valence-electron chi connectivity index (χ2n) is 14.0. The van der Waals surface area contributed by atoms with Gasteiger partial charge >= 0.3 is 6.01 Å². The van der Waals surface area contributed by atoms with Crippen molar-refractivity contribution in [1.29, 1.82) is 0 Å². The zero-order valence-corrected chi connectivity index (χ0v) is 27.3. The quantitative estimate of drug-likeness (QED) is 0.204. The first-order chi connectivity index (χ1) is 22.9. The van der Waals surface area contributed by atoms with Crippen molar-refractivity contribution < 1.29 is 36.5 Å². The van der Waals surface area contributed by atoms with Gasteiger partial charge in [0.25, 0.3) is 0 Å². The predicted molar refractivity (Wildman–Crippen MR) is 173 cm³/mol. The van der Waals surface area contributed by atoms with Crippen LogP contribution >= 0.6 is 0 Å². The summed E-state index contributed by atoms with van der Waals surface area (Å²) in [6, 6.07) is 6.32. The molecule has 48 heavy (non-hydrogen) atoms. The molecule has 1 spiro atoms. The molecule has 7 nitrogen and oxygen atoms in total. The van der Waals surface area contributed by atoms with Gasteiger partial charge in [-0.3, -0.25) is 0 Å². The van der Waals surface area contributed by atoms with E-state index in [0.29, 0.717) is 44.6 Å². The Balaban J connectivity index is 1.39. The minimum atomic E-state index is -2.55. The van der Waals surface area contributed by atoms with Crippen molar-refractivity contribution in [2.45, 2.75) is 58.0 Å². The molecule has 1 aromatic heterocycles. The summed E-state index contributed by atoms with van der Waals surface area (Å²) in [5, 5.41) is 11.4. The zero-order chi connectivity index (χ0) is 34.0. The second-order valence-corrected chi connectivity index (χ2v) is 14.0. The van der Waals surface area contributed by atoms with Gasteiger partial charge in [-0.15, -0.1) is 0 Å². The molecule has 7 rings (SSSR count). The number of aromatic nitrogens is 2. The van der Waals surface area contributed by atoms with Crippen LogP contribution in [0.15, 0.2) is 30.3 Å². The third-order valence-corrected chi connectivity index (χ3v) is 10.6. The number of benzene rings is 3. The van der Waals surface area contributed by atoms with Crippen molar-refractivity contribution >= 4 is 27.5 Å². The maximum Gasteiger partial charge on any atom is 0.319 e. The van der Waals surface area contributed by atoms with Gasteiger partial charge in [-0.05, 0) is 85.4 Å². The van der Waals surface area contributed by atoms with Crippen LogP contribution in [-0.2, 0) is 11.2 Å². The van der Waals surface area contributed by atoms with E-state index >= 15 is 8.78 Å².